The fraction of sp³-hybridized carbons (Fsp3) is 0.167. The second-order valence-corrected chi connectivity index (χ2v) is 3.99. The van der Waals surface area contributed by atoms with Gasteiger partial charge < -0.3 is 9.73 Å². The number of furan rings is 1. The van der Waals surface area contributed by atoms with Crippen LogP contribution in [0.5, 0.6) is 0 Å². The molecule has 0 saturated carbocycles. The van der Waals surface area contributed by atoms with Crippen LogP contribution in [0.25, 0.3) is 0 Å². The molecule has 0 fully saturated rings. The number of rotatable bonds is 3. The van der Waals surface area contributed by atoms with E-state index in [1.807, 2.05) is 0 Å². The van der Waals surface area contributed by atoms with Gasteiger partial charge in [0.05, 0.1) is 6.54 Å². The van der Waals surface area contributed by atoms with Crippen LogP contribution in [0.4, 0.5) is 14.5 Å². The fourth-order valence-corrected chi connectivity index (χ4v) is 1.60. The topological polar surface area (TPSA) is 25.2 Å². The van der Waals surface area contributed by atoms with Crippen molar-refractivity contribution in [1.82, 2.24) is 0 Å². The second kappa shape index (κ2) is 4.75. The summed E-state index contributed by atoms with van der Waals surface area (Å²) in [7, 11) is 0. The average Bonchev–Trinajstić information content (AvgIpc) is 2.70. The van der Waals surface area contributed by atoms with Crippen LogP contribution >= 0.6 is 11.6 Å². The predicted octanol–water partition coefficient (Wildman–Crippen LogP) is 4.13. The summed E-state index contributed by atoms with van der Waals surface area (Å²) in [6, 6.07) is 5.82. The first-order valence-electron chi connectivity index (χ1n) is 5.00. The SMILES string of the molecule is Cc1ccc(F)c(NCc2ccc(Cl)o2)c1F. The van der Waals surface area contributed by atoms with Crippen molar-refractivity contribution in [2.45, 2.75) is 13.5 Å². The Labute approximate surface area is 102 Å². The van der Waals surface area contributed by atoms with Crippen LogP contribution in [0.1, 0.15) is 11.3 Å². The van der Waals surface area contributed by atoms with Gasteiger partial charge in [-0.2, -0.15) is 0 Å². The lowest BCUT2D eigenvalue weighted by Gasteiger charge is -2.08. The van der Waals surface area contributed by atoms with Crippen molar-refractivity contribution >= 4 is 17.3 Å². The van der Waals surface area contributed by atoms with E-state index in [9.17, 15) is 8.78 Å². The smallest absolute Gasteiger partial charge is 0.193 e. The van der Waals surface area contributed by atoms with Crippen LogP contribution in [0.3, 0.4) is 0 Å². The first-order chi connectivity index (χ1) is 8.08. The third-order valence-corrected chi connectivity index (χ3v) is 2.56. The molecule has 17 heavy (non-hydrogen) atoms. The number of aryl methyl sites for hydroxylation is 1. The van der Waals surface area contributed by atoms with E-state index in [0.29, 0.717) is 11.3 Å². The summed E-state index contributed by atoms with van der Waals surface area (Å²) in [4.78, 5) is 0. The number of benzene rings is 1. The lowest BCUT2D eigenvalue weighted by atomic mass is 10.2. The average molecular weight is 258 g/mol. The van der Waals surface area contributed by atoms with E-state index >= 15 is 0 Å². The van der Waals surface area contributed by atoms with E-state index < -0.39 is 11.6 Å². The molecule has 0 bridgehead atoms. The van der Waals surface area contributed by atoms with Crippen LogP contribution in [-0.4, -0.2) is 0 Å². The van der Waals surface area contributed by atoms with Gasteiger partial charge in [0.2, 0.25) is 0 Å². The lowest BCUT2D eigenvalue weighted by Crippen LogP contribution is -2.04. The van der Waals surface area contributed by atoms with Crippen molar-refractivity contribution in [2.24, 2.45) is 0 Å². The monoisotopic (exact) mass is 257 g/mol. The highest BCUT2D eigenvalue weighted by atomic mass is 35.5. The quantitative estimate of drug-likeness (QED) is 0.894. The number of anilines is 1. The zero-order valence-electron chi connectivity index (χ0n) is 9.06. The van der Waals surface area contributed by atoms with Gasteiger partial charge in [0.15, 0.2) is 11.0 Å². The Morgan fingerprint density at radius 1 is 1.24 bits per heavy atom. The van der Waals surface area contributed by atoms with E-state index in [1.54, 1.807) is 19.1 Å². The molecule has 5 heteroatoms. The van der Waals surface area contributed by atoms with Gasteiger partial charge in [-0.15, -0.1) is 0 Å². The van der Waals surface area contributed by atoms with Crippen molar-refractivity contribution < 1.29 is 13.2 Å². The maximum absolute atomic E-state index is 13.6. The molecule has 0 unspecified atom stereocenters. The number of hydrogen-bond donors (Lipinski definition) is 1. The zero-order chi connectivity index (χ0) is 12.4. The van der Waals surface area contributed by atoms with E-state index in [0.717, 1.165) is 0 Å². The molecule has 2 aromatic rings. The van der Waals surface area contributed by atoms with Crippen LogP contribution < -0.4 is 5.32 Å². The van der Waals surface area contributed by atoms with Gasteiger partial charge in [0, 0.05) is 0 Å². The minimum atomic E-state index is -0.634. The van der Waals surface area contributed by atoms with E-state index in [1.165, 1.54) is 12.1 Å². The van der Waals surface area contributed by atoms with Gasteiger partial charge in [-0.05, 0) is 42.3 Å². The Morgan fingerprint density at radius 2 is 2.00 bits per heavy atom. The van der Waals surface area contributed by atoms with Crippen LogP contribution in [0.2, 0.25) is 5.22 Å². The largest absolute Gasteiger partial charge is 0.448 e. The van der Waals surface area contributed by atoms with Gasteiger partial charge in [-0.1, -0.05) is 6.07 Å². The molecule has 0 aliphatic carbocycles. The van der Waals surface area contributed by atoms with Crippen molar-refractivity contribution in [1.29, 1.82) is 0 Å². The molecule has 1 heterocycles. The van der Waals surface area contributed by atoms with Gasteiger partial charge >= 0.3 is 0 Å². The van der Waals surface area contributed by atoms with Crippen molar-refractivity contribution in [3.8, 4) is 0 Å². The van der Waals surface area contributed by atoms with Gasteiger partial charge in [0.25, 0.3) is 0 Å². The molecule has 0 radical (unpaired) electrons. The summed E-state index contributed by atoms with van der Waals surface area (Å²) in [5.41, 5.74) is 0.226. The fourth-order valence-electron chi connectivity index (χ4n) is 1.44. The molecule has 0 saturated heterocycles. The van der Waals surface area contributed by atoms with Crippen molar-refractivity contribution in [3.63, 3.8) is 0 Å². The highest BCUT2D eigenvalue weighted by Crippen LogP contribution is 2.23. The molecule has 2 rings (SSSR count). The predicted molar refractivity (Wildman–Crippen MR) is 62.1 cm³/mol. The molecular weight excluding hydrogens is 248 g/mol. The van der Waals surface area contributed by atoms with Crippen LogP contribution in [0, 0.1) is 18.6 Å². The summed E-state index contributed by atoms with van der Waals surface area (Å²) in [6.07, 6.45) is 0. The number of nitrogens with one attached hydrogen (secondary N) is 1. The summed E-state index contributed by atoms with van der Waals surface area (Å²) in [5.74, 6) is -0.719. The third-order valence-electron chi connectivity index (χ3n) is 2.35. The Balaban J connectivity index is 2.16. The summed E-state index contributed by atoms with van der Waals surface area (Å²) >= 11 is 5.59. The Hall–Kier alpha value is -1.55. The molecule has 0 amide bonds. The molecule has 0 aliphatic heterocycles. The van der Waals surface area contributed by atoms with Crippen molar-refractivity contribution in [3.05, 3.63) is 52.4 Å². The second-order valence-electron chi connectivity index (χ2n) is 3.61. The summed E-state index contributed by atoms with van der Waals surface area (Å²) in [6.45, 7) is 1.74. The highest BCUT2D eigenvalue weighted by Gasteiger charge is 2.11. The Kier molecular flexibility index (Phi) is 3.33. The molecule has 1 N–H and O–H groups in total. The van der Waals surface area contributed by atoms with Crippen molar-refractivity contribution in [2.75, 3.05) is 5.32 Å². The van der Waals surface area contributed by atoms with Gasteiger partial charge in [-0.3, -0.25) is 0 Å². The molecule has 2 nitrogen and oxygen atoms in total. The Bertz CT molecular complexity index is 539. The normalized spacial score (nSPS) is 10.6. The first-order valence-corrected chi connectivity index (χ1v) is 5.38. The molecule has 0 spiro atoms. The van der Waals surface area contributed by atoms with Gasteiger partial charge in [0.1, 0.15) is 17.3 Å². The first kappa shape index (κ1) is 11.9. The zero-order valence-corrected chi connectivity index (χ0v) is 9.81. The number of hydrogen-bond acceptors (Lipinski definition) is 2. The summed E-state index contributed by atoms with van der Waals surface area (Å²) in [5, 5.41) is 2.89. The van der Waals surface area contributed by atoms with Gasteiger partial charge in [-0.25, -0.2) is 8.78 Å². The van der Waals surface area contributed by atoms with Crippen LogP contribution in [0.15, 0.2) is 28.7 Å². The molecule has 0 aliphatic rings. The minimum absolute atomic E-state index is 0.155. The molecule has 90 valence electrons. The lowest BCUT2D eigenvalue weighted by molar-refractivity contribution is 0.517. The maximum atomic E-state index is 13.6. The van der Waals surface area contributed by atoms with E-state index in [-0.39, 0.29) is 17.5 Å². The molecule has 0 atom stereocenters. The molecule has 1 aromatic carbocycles. The van der Waals surface area contributed by atoms with E-state index in [4.69, 9.17) is 16.0 Å². The molecular formula is C12H10ClF2NO. The third kappa shape index (κ3) is 2.58. The standard InChI is InChI=1S/C12H10ClF2NO/c1-7-2-4-9(14)12(11(7)15)16-6-8-3-5-10(13)17-8/h2-5,16H,6H2,1H3. The molecule has 1 aromatic heterocycles. The van der Waals surface area contributed by atoms with E-state index in [2.05, 4.69) is 5.32 Å². The number of halogens is 3. The minimum Gasteiger partial charge on any atom is -0.448 e. The summed E-state index contributed by atoms with van der Waals surface area (Å²) < 4.78 is 32.1. The highest BCUT2D eigenvalue weighted by molar-refractivity contribution is 6.28. The maximum Gasteiger partial charge on any atom is 0.193 e. The van der Waals surface area contributed by atoms with Crippen LogP contribution in [-0.2, 0) is 6.54 Å². The Morgan fingerprint density at radius 3 is 2.65 bits per heavy atom.